The normalized spacial score (nSPS) is 10.0. The predicted molar refractivity (Wildman–Crippen MR) is 73.4 cm³/mol. The van der Waals surface area contributed by atoms with Crippen molar-refractivity contribution in [3.8, 4) is 11.5 Å². The average molecular weight is 257 g/mol. The zero-order chi connectivity index (χ0) is 13.8. The largest absolute Gasteiger partial charge is 0.465 e. The van der Waals surface area contributed by atoms with Gasteiger partial charge in [-0.1, -0.05) is 17.7 Å². The van der Waals surface area contributed by atoms with E-state index in [2.05, 4.69) is 4.74 Å². The number of methoxy groups -OCH3 is 1. The first-order chi connectivity index (χ1) is 9.10. The lowest BCUT2D eigenvalue weighted by molar-refractivity contribution is 0.0600. The van der Waals surface area contributed by atoms with E-state index in [1.807, 2.05) is 31.2 Å². The number of hydrogen-bond acceptors (Lipinski definition) is 4. The molecular weight excluding hydrogens is 242 g/mol. The Morgan fingerprint density at radius 1 is 1.11 bits per heavy atom. The number of nitrogen functional groups attached to an aromatic ring is 1. The first kappa shape index (κ1) is 13.0. The van der Waals surface area contributed by atoms with Gasteiger partial charge in [0, 0.05) is 0 Å². The molecule has 0 heterocycles. The maximum atomic E-state index is 11.5. The van der Waals surface area contributed by atoms with Gasteiger partial charge in [0.15, 0.2) is 5.75 Å². The summed E-state index contributed by atoms with van der Waals surface area (Å²) >= 11 is 0. The molecular formula is C15H15NO3. The minimum Gasteiger partial charge on any atom is -0.465 e. The Morgan fingerprint density at radius 2 is 1.79 bits per heavy atom. The van der Waals surface area contributed by atoms with Gasteiger partial charge in [-0.05, 0) is 37.3 Å². The number of nitrogens with two attached hydrogens (primary N) is 1. The highest BCUT2D eigenvalue weighted by atomic mass is 16.5. The highest BCUT2D eigenvalue weighted by Crippen LogP contribution is 2.28. The SMILES string of the molecule is COC(=O)c1ccc(N)c(Oc2ccc(C)cc2)c1. The third-order valence-electron chi connectivity index (χ3n) is 2.68. The molecule has 19 heavy (non-hydrogen) atoms. The van der Waals surface area contributed by atoms with Gasteiger partial charge < -0.3 is 15.2 Å². The quantitative estimate of drug-likeness (QED) is 0.677. The standard InChI is InChI=1S/C15H15NO3/c1-10-3-6-12(7-4-10)19-14-9-11(15(17)18-2)5-8-13(14)16/h3-9H,16H2,1-2H3. The Labute approximate surface area is 111 Å². The summed E-state index contributed by atoms with van der Waals surface area (Å²) in [5, 5.41) is 0. The molecule has 2 rings (SSSR count). The molecule has 2 N–H and O–H groups in total. The Hall–Kier alpha value is -2.49. The average Bonchev–Trinajstić information content (AvgIpc) is 2.43. The number of ether oxygens (including phenoxy) is 2. The maximum absolute atomic E-state index is 11.5. The Balaban J connectivity index is 2.28. The van der Waals surface area contributed by atoms with Crippen molar-refractivity contribution in [3.05, 3.63) is 53.6 Å². The van der Waals surface area contributed by atoms with Crippen LogP contribution in [0.4, 0.5) is 5.69 Å². The van der Waals surface area contributed by atoms with E-state index in [1.165, 1.54) is 7.11 Å². The summed E-state index contributed by atoms with van der Waals surface area (Å²) in [5.74, 6) is 0.680. The van der Waals surface area contributed by atoms with E-state index in [-0.39, 0.29) is 0 Å². The molecule has 0 amide bonds. The van der Waals surface area contributed by atoms with Gasteiger partial charge in [0.25, 0.3) is 0 Å². The van der Waals surface area contributed by atoms with E-state index in [1.54, 1.807) is 18.2 Å². The summed E-state index contributed by atoms with van der Waals surface area (Å²) in [4.78, 5) is 11.5. The van der Waals surface area contributed by atoms with Crippen molar-refractivity contribution in [3.63, 3.8) is 0 Å². The van der Waals surface area contributed by atoms with E-state index in [4.69, 9.17) is 10.5 Å². The van der Waals surface area contributed by atoms with Crippen LogP contribution < -0.4 is 10.5 Å². The fraction of sp³-hybridized carbons (Fsp3) is 0.133. The van der Waals surface area contributed by atoms with E-state index in [0.717, 1.165) is 5.56 Å². The van der Waals surface area contributed by atoms with Crippen molar-refractivity contribution in [1.29, 1.82) is 0 Å². The third-order valence-corrected chi connectivity index (χ3v) is 2.68. The molecule has 2 aromatic carbocycles. The summed E-state index contributed by atoms with van der Waals surface area (Å²) in [6, 6.07) is 12.4. The minimum atomic E-state index is -0.422. The van der Waals surface area contributed by atoms with Crippen molar-refractivity contribution in [1.82, 2.24) is 0 Å². The van der Waals surface area contributed by atoms with Gasteiger partial charge in [0.2, 0.25) is 0 Å². The molecule has 0 saturated heterocycles. The van der Waals surface area contributed by atoms with Crippen molar-refractivity contribution >= 4 is 11.7 Å². The summed E-state index contributed by atoms with van der Waals surface area (Å²) in [7, 11) is 1.33. The number of esters is 1. The molecule has 0 radical (unpaired) electrons. The van der Waals surface area contributed by atoms with Crippen LogP contribution in [0.1, 0.15) is 15.9 Å². The number of rotatable bonds is 3. The Kier molecular flexibility index (Phi) is 3.71. The zero-order valence-electron chi connectivity index (χ0n) is 10.8. The summed E-state index contributed by atoms with van der Waals surface area (Å²) in [5.41, 5.74) is 7.84. The molecule has 0 aromatic heterocycles. The molecule has 0 bridgehead atoms. The van der Waals surface area contributed by atoms with Crippen molar-refractivity contribution < 1.29 is 14.3 Å². The second kappa shape index (κ2) is 5.44. The summed E-state index contributed by atoms with van der Waals surface area (Å²) in [6.45, 7) is 2.00. The number of benzene rings is 2. The van der Waals surface area contributed by atoms with Crippen LogP contribution in [0.25, 0.3) is 0 Å². The Morgan fingerprint density at radius 3 is 2.42 bits per heavy atom. The summed E-state index contributed by atoms with van der Waals surface area (Å²) < 4.78 is 10.3. The monoisotopic (exact) mass is 257 g/mol. The molecule has 0 aliphatic carbocycles. The first-order valence-corrected chi connectivity index (χ1v) is 5.82. The molecule has 98 valence electrons. The fourth-order valence-electron chi connectivity index (χ4n) is 1.60. The van der Waals surface area contributed by atoms with Gasteiger partial charge in [-0.15, -0.1) is 0 Å². The number of hydrogen-bond donors (Lipinski definition) is 1. The van der Waals surface area contributed by atoms with Gasteiger partial charge >= 0.3 is 5.97 Å². The van der Waals surface area contributed by atoms with Crippen LogP contribution in [0.3, 0.4) is 0 Å². The predicted octanol–water partition coefficient (Wildman–Crippen LogP) is 3.16. The van der Waals surface area contributed by atoms with Crippen LogP contribution in [-0.4, -0.2) is 13.1 Å². The van der Waals surface area contributed by atoms with Gasteiger partial charge in [-0.25, -0.2) is 4.79 Å². The van der Waals surface area contributed by atoms with Crippen molar-refractivity contribution in [2.45, 2.75) is 6.92 Å². The second-order valence-corrected chi connectivity index (χ2v) is 4.16. The van der Waals surface area contributed by atoms with E-state index >= 15 is 0 Å². The lowest BCUT2D eigenvalue weighted by atomic mass is 10.2. The topological polar surface area (TPSA) is 61.5 Å². The fourth-order valence-corrected chi connectivity index (χ4v) is 1.60. The van der Waals surface area contributed by atoms with Crippen LogP contribution in [-0.2, 0) is 4.74 Å². The molecule has 4 nitrogen and oxygen atoms in total. The summed E-state index contributed by atoms with van der Waals surface area (Å²) in [6.07, 6.45) is 0. The molecule has 0 fully saturated rings. The number of carbonyl (C=O) groups is 1. The molecule has 0 aliphatic rings. The van der Waals surface area contributed by atoms with Crippen LogP contribution in [0.2, 0.25) is 0 Å². The first-order valence-electron chi connectivity index (χ1n) is 5.82. The second-order valence-electron chi connectivity index (χ2n) is 4.16. The third kappa shape index (κ3) is 3.04. The molecule has 0 spiro atoms. The number of anilines is 1. The molecule has 2 aromatic rings. The van der Waals surface area contributed by atoms with Crippen LogP contribution in [0.15, 0.2) is 42.5 Å². The van der Waals surface area contributed by atoms with E-state index < -0.39 is 5.97 Å². The number of aryl methyl sites for hydroxylation is 1. The highest BCUT2D eigenvalue weighted by molar-refractivity contribution is 5.90. The Bertz CT molecular complexity index is 591. The van der Waals surface area contributed by atoms with Crippen molar-refractivity contribution in [2.24, 2.45) is 0 Å². The highest BCUT2D eigenvalue weighted by Gasteiger charge is 2.10. The molecule has 0 unspecified atom stereocenters. The molecule has 4 heteroatoms. The molecule has 0 aliphatic heterocycles. The zero-order valence-corrected chi connectivity index (χ0v) is 10.8. The van der Waals surface area contributed by atoms with Gasteiger partial charge in [-0.3, -0.25) is 0 Å². The lowest BCUT2D eigenvalue weighted by Gasteiger charge is -2.10. The molecule has 0 saturated carbocycles. The van der Waals surface area contributed by atoms with Crippen LogP contribution in [0, 0.1) is 6.92 Å². The molecule has 0 atom stereocenters. The van der Waals surface area contributed by atoms with Gasteiger partial charge in [0.05, 0.1) is 18.4 Å². The van der Waals surface area contributed by atoms with Crippen molar-refractivity contribution in [2.75, 3.05) is 12.8 Å². The number of carbonyl (C=O) groups excluding carboxylic acids is 1. The van der Waals surface area contributed by atoms with Gasteiger partial charge in [-0.2, -0.15) is 0 Å². The minimum absolute atomic E-state index is 0.402. The smallest absolute Gasteiger partial charge is 0.337 e. The van der Waals surface area contributed by atoms with Gasteiger partial charge in [0.1, 0.15) is 5.75 Å². The van der Waals surface area contributed by atoms with E-state index in [0.29, 0.717) is 22.7 Å². The lowest BCUT2D eigenvalue weighted by Crippen LogP contribution is -2.02. The van der Waals surface area contributed by atoms with Crippen LogP contribution >= 0.6 is 0 Å². The van der Waals surface area contributed by atoms with Crippen LogP contribution in [0.5, 0.6) is 11.5 Å². The van der Waals surface area contributed by atoms with E-state index in [9.17, 15) is 4.79 Å². The maximum Gasteiger partial charge on any atom is 0.337 e.